The summed E-state index contributed by atoms with van der Waals surface area (Å²) in [6.07, 6.45) is 1.69. The van der Waals surface area contributed by atoms with Crippen LogP contribution in [0.5, 0.6) is 5.75 Å². The summed E-state index contributed by atoms with van der Waals surface area (Å²) in [7, 11) is 1.70. The van der Waals surface area contributed by atoms with Gasteiger partial charge in [-0.3, -0.25) is 0 Å². The van der Waals surface area contributed by atoms with Gasteiger partial charge in [-0.2, -0.15) is 18.1 Å². The van der Waals surface area contributed by atoms with Gasteiger partial charge in [0.1, 0.15) is 11.4 Å². The van der Waals surface area contributed by atoms with E-state index in [1.807, 2.05) is 37.3 Å². The third-order valence-electron chi connectivity index (χ3n) is 3.68. The quantitative estimate of drug-likeness (QED) is 0.246. The van der Waals surface area contributed by atoms with E-state index in [0.717, 1.165) is 16.9 Å². The van der Waals surface area contributed by atoms with E-state index < -0.39 is 0 Å². The Kier molecular flexibility index (Phi) is 8.48. The largest absolute Gasteiger partial charge is 0.449 e. The molecule has 0 aromatic heterocycles. The molecule has 5 nitrogen and oxygen atoms in total. The second kappa shape index (κ2) is 10.1. The number of aryl methyl sites for hydroxylation is 1. The molecule has 0 atom stereocenters. The Labute approximate surface area is 161 Å². The van der Waals surface area contributed by atoms with Gasteiger partial charge in [0.2, 0.25) is 0 Å². The van der Waals surface area contributed by atoms with E-state index in [0.29, 0.717) is 5.75 Å². The molecule has 0 radical (unpaired) electrons. The Hall–Kier alpha value is -2.18. The molecule has 0 bridgehead atoms. The molecule has 0 saturated carbocycles. The van der Waals surface area contributed by atoms with Crippen LogP contribution in [0.15, 0.2) is 42.5 Å². The highest BCUT2D eigenvalue weighted by atomic mass is 32.1. The molecule has 0 heterocycles. The lowest BCUT2D eigenvalue weighted by atomic mass is 9.87. The summed E-state index contributed by atoms with van der Waals surface area (Å²) in [5, 5.41) is 13.0. The van der Waals surface area contributed by atoms with Gasteiger partial charge in [-0.05, 0) is 47.9 Å². The van der Waals surface area contributed by atoms with E-state index in [2.05, 4.69) is 61.3 Å². The molecule has 2 aromatic rings. The molecule has 4 N–H and O–H groups in total. The van der Waals surface area contributed by atoms with Crippen molar-refractivity contribution in [3.8, 4) is 5.75 Å². The van der Waals surface area contributed by atoms with Crippen molar-refractivity contribution in [1.82, 2.24) is 5.48 Å². The van der Waals surface area contributed by atoms with Crippen molar-refractivity contribution in [3.05, 3.63) is 53.6 Å². The van der Waals surface area contributed by atoms with Gasteiger partial charge in [-0.25, -0.2) is 10.3 Å². The van der Waals surface area contributed by atoms with Crippen molar-refractivity contribution in [2.75, 3.05) is 18.6 Å². The lowest BCUT2D eigenvalue weighted by Crippen LogP contribution is -2.68. The number of amidine groups is 1. The molecule has 0 saturated heterocycles. The molecule has 142 valence electrons. The first-order valence-corrected chi connectivity index (χ1v) is 9.28. The molecular weight excluding hydrogens is 346 g/mol. The molecule has 0 unspecified atom stereocenters. The van der Waals surface area contributed by atoms with E-state index in [-0.39, 0.29) is 11.4 Å². The maximum atomic E-state index is 10.1. The van der Waals surface area contributed by atoms with Crippen LogP contribution in [0.4, 0.5) is 11.4 Å². The van der Waals surface area contributed by atoms with Crippen LogP contribution < -0.4 is 20.6 Å². The summed E-state index contributed by atoms with van der Waals surface area (Å²) >= 11 is 3.53. The Balaban J connectivity index is 0.00000163. The number of aliphatic hydroxyl groups excluding tert-OH is 1. The number of nitrogens with one attached hydrogen (secondary N) is 3. The van der Waals surface area contributed by atoms with E-state index in [9.17, 15) is 5.11 Å². The average Bonchev–Trinajstić information content (AvgIpc) is 2.59. The second-order valence-corrected chi connectivity index (χ2v) is 6.71. The molecule has 2 aromatic carbocycles. The van der Waals surface area contributed by atoms with Crippen molar-refractivity contribution in [2.45, 2.75) is 33.1 Å². The molecule has 0 spiro atoms. The van der Waals surface area contributed by atoms with Crippen LogP contribution in [-0.4, -0.2) is 24.4 Å². The molecule has 0 aliphatic heterocycles. The summed E-state index contributed by atoms with van der Waals surface area (Å²) < 4.78 is 0. The first-order valence-electron chi connectivity index (χ1n) is 8.39. The van der Waals surface area contributed by atoms with Crippen LogP contribution in [0.1, 0.15) is 31.9 Å². The molecule has 26 heavy (non-hydrogen) atoms. The summed E-state index contributed by atoms with van der Waals surface area (Å²) in [6, 6.07) is 13.6. The van der Waals surface area contributed by atoms with Crippen LogP contribution in [0.25, 0.3) is 0 Å². The van der Waals surface area contributed by atoms with Crippen molar-refractivity contribution in [3.63, 3.8) is 0 Å². The maximum Gasteiger partial charge on any atom is 0.449 e. The summed E-state index contributed by atoms with van der Waals surface area (Å²) in [4.78, 5) is 8.26. The minimum atomic E-state index is -0.0437. The number of rotatable bonds is 4. The predicted molar refractivity (Wildman–Crippen MR) is 113 cm³/mol. The summed E-state index contributed by atoms with van der Waals surface area (Å²) in [5.74, 6) is 0.699. The van der Waals surface area contributed by atoms with E-state index in [1.165, 1.54) is 5.56 Å². The van der Waals surface area contributed by atoms with Crippen molar-refractivity contribution in [2.24, 2.45) is 0 Å². The van der Waals surface area contributed by atoms with Gasteiger partial charge in [0.15, 0.2) is 5.75 Å². The zero-order valence-electron chi connectivity index (χ0n) is 16.3. The number of benzene rings is 2. The second-order valence-electron chi connectivity index (χ2n) is 6.71. The van der Waals surface area contributed by atoms with Gasteiger partial charge in [-0.15, -0.1) is 0 Å². The highest BCUT2D eigenvalue weighted by Crippen LogP contribution is 2.23. The SMILES string of the molecule is CNOc1cc(NC(O)=[NH+]c2ccc(C(C)(C)C)cc2)ccc1C.CS. The van der Waals surface area contributed by atoms with E-state index in [4.69, 9.17) is 4.84 Å². The number of hydroxylamine groups is 1. The zero-order chi connectivity index (χ0) is 19.7. The molecular formula is C20H30N3O2S+. The lowest BCUT2D eigenvalue weighted by Gasteiger charge is -2.18. The topological polar surface area (TPSA) is 67.5 Å². The first kappa shape index (κ1) is 21.9. The fourth-order valence-electron chi connectivity index (χ4n) is 2.26. The highest BCUT2D eigenvalue weighted by Gasteiger charge is 2.14. The maximum absolute atomic E-state index is 10.1. The summed E-state index contributed by atoms with van der Waals surface area (Å²) in [6.45, 7) is 8.46. The van der Waals surface area contributed by atoms with Gasteiger partial charge in [0.05, 0.1) is 0 Å². The number of aliphatic hydroxyl groups is 1. The van der Waals surface area contributed by atoms with E-state index >= 15 is 0 Å². The highest BCUT2D eigenvalue weighted by molar-refractivity contribution is 7.79. The smallest absolute Gasteiger partial charge is 0.447 e. The fourth-order valence-corrected chi connectivity index (χ4v) is 2.26. The van der Waals surface area contributed by atoms with Crippen molar-refractivity contribution in [1.29, 1.82) is 0 Å². The number of anilines is 1. The minimum Gasteiger partial charge on any atom is -0.447 e. The Morgan fingerprint density at radius 3 is 2.23 bits per heavy atom. The number of hydrogen-bond donors (Lipinski definition) is 5. The normalized spacial score (nSPS) is 11.4. The van der Waals surface area contributed by atoms with Gasteiger partial charge >= 0.3 is 6.02 Å². The summed E-state index contributed by atoms with van der Waals surface area (Å²) in [5.41, 5.74) is 6.53. The lowest BCUT2D eigenvalue weighted by molar-refractivity contribution is -0.365. The molecule has 0 aliphatic rings. The van der Waals surface area contributed by atoms with Crippen LogP contribution in [-0.2, 0) is 5.41 Å². The molecule has 6 heteroatoms. The molecule has 0 amide bonds. The minimum absolute atomic E-state index is 0.0437. The van der Waals surface area contributed by atoms with Crippen LogP contribution >= 0.6 is 12.6 Å². The van der Waals surface area contributed by atoms with E-state index in [1.54, 1.807) is 13.3 Å². The first-order chi connectivity index (χ1) is 12.3. The Bertz CT molecular complexity index is 723. The number of hydrogen-bond acceptors (Lipinski definition) is 3. The standard InChI is InChI=1S/C19H25N3O2.CH4S/c1-13-6-9-16(12-17(13)24-20-5)22-18(23)21-15-10-7-14(8-11-15)19(2,3)4;1-2/h6-12,20H,1-5H3,(H2,21,22,23);2H,1H3/p+1. The molecule has 2 rings (SSSR count). The van der Waals surface area contributed by atoms with Crippen LogP contribution in [0, 0.1) is 6.92 Å². The number of thiol groups is 1. The van der Waals surface area contributed by atoms with Gasteiger partial charge in [0, 0.05) is 13.1 Å². The molecule has 0 fully saturated rings. The van der Waals surface area contributed by atoms with Crippen molar-refractivity contribution >= 4 is 30.0 Å². The fraction of sp³-hybridized carbons (Fsp3) is 0.350. The van der Waals surface area contributed by atoms with Crippen LogP contribution in [0.2, 0.25) is 0 Å². The third kappa shape index (κ3) is 6.61. The van der Waals surface area contributed by atoms with Crippen LogP contribution in [0.3, 0.4) is 0 Å². The van der Waals surface area contributed by atoms with Gasteiger partial charge in [0.25, 0.3) is 0 Å². The third-order valence-corrected chi connectivity index (χ3v) is 3.68. The zero-order valence-corrected chi connectivity index (χ0v) is 17.2. The Morgan fingerprint density at radius 1 is 1.08 bits per heavy atom. The van der Waals surface area contributed by atoms with Gasteiger partial charge < -0.3 is 9.94 Å². The average molecular weight is 377 g/mol. The predicted octanol–water partition coefficient (Wildman–Crippen LogP) is 3.09. The Morgan fingerprint density at radius 2 is 1.69 bits per heavy atom. The van der Waals surface area contributed by atoms with Gasteiger partial charge in [-0.1, -0.05) is 39.0 Å². The monoisotopic (exact) mass is 376 g/mol. The molecule has 0 aliphatic carbocycles. The van der Waals surface area contributed by atoms with Crippen molar-refractivity contribution < 1.29 is 14.9 Å².